The highest BCUT2D eigenvalue weighted by Gasteiger charge is 2.13. The van der Waals surface area contributed by atoms with Gasteiger partial charge in [0.2, 0.25) is 16.0 Å². The first-order valence-electron chi connectivity index (χ1n) is 8.82. The first kappa shape index (κ1) is 21.6. The molecule has 28 heavy (non-hydrogen) atoms. The molecule has 0 aliphatic heterocycles. The molecule has 0 aliphatic carbocycles. The van der Waals surface area contributed by atoms with Crippen LogP contribution in [0.25, 0.3) is 0 Å². The van der Waals surface area contributed by atoms with E-state index >= 15 is 0 Å². The molecule has 1 heterocycles. The summed E-state index contributed by atoms with van der Waals surface area (Å²) in [5.41, 5.74) is 1.31. The van der Waals surface area contributed by atoms with Crippen molar-refractivity contribution in [1.82, 2.24) is 14.7 Å². The summed E-state index contributed by atoms with van der Waals surface area (Å²) < 4.78 is 31.6. The molecule has 10 heteroatoms. The zero-order valence-corrected chi connectivity index (χ0v) is 16.7. The van der Waals surface area contributed by atoms with Gasteiger partial charge < -0.3 is 15.4 Å². The second-order valence-corrected chi connectivity index (χ2v) is 7.72. The van der Waals surface area contributed by atoms with E-state index in [0.29, 0.717) is 23.9 Å². The molecule has 1 aromatic heterocycles. The molecule has 1 aromatic carbocycles. The minimum Gasteiger partial charge on any atom is -0.383 e. The predicted octanol–water partition coefficient (Wildman–Crippen LogP) is 2.25. The Morgan fingerprint density at radius 2 is 1.86 bits per heavy atom. The third kappa shape index (κ3) is 6.45. The lowest BCUT2D eigenvalue weighted by molar-refractivity contribution is 0.204. The Kier molecular flexibility index (Phi) is 8.13. The molecular formula is C18H24N6O3S. The third-order valence-electron chi connectivity index (χ3n) is 3.74. The maximum atomic E-state index is 12.1. The summed E-state index contributed by atoms with van der Waals surface area (Å²) in [4.78, 5) is 8.57. The normalized spacial score (nSPS) is 12.2. The van der Waals surface area contributed by atoms with Gasteiger partial charge in [0.15, 0.2) is 0 Å². The Balaban J connectivity index is 1.97. The largest absolute Gasteiger partial charge is 0.383 e. The monoisotopic (exact) mass is 404 g/mol. The molecule has 0 saturated heterocycles. The zero-order chi connectivity index (χ0) is 20.4. The predicted molar refractivity (Wildman–Crippen MR) is 107 cm³/mol. The topological polar surface area (TPSA) is 129 Å². The van der Waals surface area contributed by atoms with Crippen LogP contribution in [-0.2, 0) is 14.8 Å². The van der Waals surface area contributed by atoms with Crippen LogP contribution in [0.4, 0.5) is 17.3 Å². The number of aromatic nitrogens is 2. The Bertz CT molecular complexity index is 879. The van der Waals surface area contributed by atoms with Crippen LogP contribution in [0.2, 0.25) is 0 Å². The van der Waals surface area contributed by atoms with E-state index < -0.39 is 10.0 Å². The maximum Gasteiger partial charge on any atom is 0.240 e. The molecule has 0 radical (unpaired) electrons. The molecule has 1 atom stereocenters. The highest BCUT2D eigenvalue weighted by atomic mass is 32.2. The number of ether oxygens (including phenoxy) is 1. The van der Waals surface area contributed by atoms with E-state index in [2.05, 4.69) is 31.4 Å². The smallest absolute Gasteiger partial charge is 0.240 e. The van der Waals surface area contributed by atoms with Crippen molar-refractivity contribution in [2.45, 2.75) is 30.7 Å². The van der Waals surface area contributed by atoms with E-state index in [1.165, 1.54) is 19.2 Å². The van der Waals surface area contributed by atoms with Crippen LogP contribution in [0.1, 0.15) is 19.8 Å². The zero-order valence-electron chi connectivity index (χ0n) is 15.8. The van der Waals surface area contributed by atoms with Crippen molar-refractivity contribution >= 4 is 27.3 Å². The van der Waals surface area contributed by atoms with E-state index in [-0.39, 0.29) is 17.5 Å². The maximum absolute atomic E-state index is 12.1. The first-order valence-corrected chi connectivity index (χ1v) is 10.3. The summed E-state index contributed by atoms with van der Waals surface area (Å²) in [5.74, 6) is 0.364. The summed E-state index contributed by atoms with van der Waals surface area (Å²) in [6.45, 7) is 2.52. The van der Waals surface area contributed by atoms with Gasteiger partial charge in [0.05, 0.1) is 35.7 Å². The molecule has 150 valence electrons. The molecule has 1 unspecified atom stereocenters. The first-order chi connectivity index (χ1) is 13.5. The van der Waals surface area contributed by atoms with Gasteiger partial charge in [-0.1, -0.05) is 13.3 Å². The van der Waals surface area contributed by atoms with Gasteiger partial charge >= 0.3 is 0 Å². The van der Waals surface area contributed by atoms with Gasteiger partial charge in [-0.2, -0.15) is 5.26 Å². The number of rotatable bonds is 11. The number of nitriles is 1. The molecule has 2 rings (SSSR count). The van der Waals surface area contributed by atoms with Crippen LogP contribution < -0.4 is 15.4 Å². The average molecular weight is 404 g/mol. The molecule has 0 amide bonds. The van der Waals surface area contributed by atoms with Crippen LogP contribution in [0, 0.1) is 11.3 Å². The Morgan fingerprint density at radius 1 is 1.18 bits per heavy atom. The van der Waals surface area contributed by atoms with Gasteiger partial charge in [-0.25, -0.2) is 23.1 Å². The average Bonchev–Trinajstić information content (AvgIpc) is 2.69. The summed E-state index contributed by atoms with van der Waals surface area (Å²) in [5, 5.41) is 15.2. The lowest BCUT2D eigenvalue weighted by Gasteiger charge is -2.12. The summed E-state index contributed by atoms with van der Waals surface area (Å²) in [6.07, 6.45) is 4.83. The van der Waals surface area contributed by atoms with Crippen LogP contribution in [0.3, 0.4) is 0 Å². The SMILES string of the molecule is CCCC(C#N)Nc1cnc(Nc2ccc(S(=O)(=O)NCCOC)cc2)nc1. The van der Waals surface area contributed by atoms with Gasteiger partial charge in [0.25, 0.3) is 0 Å². The summed E-state index contributed by atoms with van der Waals surface area (Å²) in [6, 6.07) is 8.17. The van der Waals surface area contributed by atoms with Crippen molar-refractivity contribution in [3.8, 4) is 6.07 Å². The Labute approximate surface area is 165 Å². The van der Waals surface area contributed by atoms with E-state index in [0.717, 1.165) is 12.8 Å². The van der Waals surface area contributed by atoms with Crippen molar-refractivity contribution in [3.63, 3.8) is 0 Å². The molecule has 2 aromatic rings. The van der Waals surface area contributed by atoms with Crippen LogP contribution in [0.5, 0.6) is 0 Å². The number of sulfonamides is 1. The van der Waals surface area contributed by atoms with E-state index in [1.54, 1.807) is 24.5 Å². The van der Waals surface area contributed by atoms with Crippen molar-refractivity contribution in [2.24, 2.45) is 0 Å². The Morgan fingerprint density at radius 3 is 2.43 bits per heavy atom. The lowest BCUT2D eigenvalue weighted by atomic mass is 10.2. The number of nitrogens with zero attached hydrogens (tertiary/aromatic N) is 3. The number of anilines is 3. The van der Waals surface area contributed by atoms with Gasteiger partial charge in [-0.05, 0) is 30.7 Å². The molecular weight excluding hydrogens is 380 g/mol. The second-order valence-electron chi connectivity index (χ2n) is 5.95. The molecule has 0 fully saturated rings. The third-order valence-corrected chi connectivity index (χ3v) is 5.22. The molecule has 0 saturated carbocycles. The summed E-state index contributed by atoms with van der Waals surface area (Å²) >= 11 is 0. The Hall–Kier alpha value is -2.74. The number of hydrogen-bond acceptors (Lipinski definition) is 8. The second kappa shape index (κ2) is 10.6. The molecule has 0 bridgehead atoms. The number of hydrogen-bond donors (Lipinski definition) is 3. The fraction of sp³-hybridized carbons (Fsp3) is 0.389. The standard InChI is InChI=1S/C18H24N6O3S/c1-3-4-15(11-19)23-16-12-20-18(21-13-16)24-14-5-7-17(8-6-14)28(25,26)22-9-10-27-2/h5-8,12-13,15,22-23H,3-4,9-10H2,1-2H3,(H,20,21,24). The highest BCUT2D eigenvalue weighted by Crippen LogP contribution is 2.17. The fourth-order valence-electron chi connectivity index (χ4n) is 2.33. The van der Waals surface area contributed by atoms with Gasteiger partial charge in [0, 0.05) is 19.3 Å². The molecule has 0 aliphatic rings. The molecule has 9 nitrogen and oxygen atoms in total. The quantitative estimate of drug-likeness (QED) is 0.486. The van der Waals surface area contributed by atoms with Crippen molar-refractivity contribution in [3.05, 3.63) is 36.7 Å². The van der Waals surface area contributed by atoms with E-state index in [4.69, 9.17) is 10.00 Å². The van der Waals surface area contributed by atoms with E-state index in [9.17, 15) is 8.42 Å². The molecule has 3 N–H and O–H groups in total. The minimum absolute atomic E-state index is 0.160. The van der Waals surface area contributed by atoms with Crippen molar-refractivity contribution in [1.29, 1.82) is 5.26 Å². The van der Waals surface area contributed by atoms with E-state index in [1.807, 2.05) is 6.92 Å². The van der Waals surface area contributed by atoms with Crippen LogP contribution in [0.15, 0.2) is 41.6 Å². The molecule has 0 spiro atoms. The van der Waals surface area contributed by atoms with Gasteiger partial charge in [-0.3, -0.25) is 0 Å². The number of nitrogens with one attached hydrogen (secondary N) is 3. The van der Waals surface area contributed by atoms with Crippen LogP contribution >= 0.6 is 0 Å². The lowest BCUT2D eigenvalue weighted by Crippen LogP contribution is -2.27. The number of methoxy groups -OCH3 is 1. The van der Waals surface area contributed by atoms with Gasteiger partial charge in [0.1, 0.15) is 6.04 Å². The summed E-state index contributed by atoms with van der Waals surface area (Å²) in [7, 11) is -2.06. The van der Waals surface area contributed by atoms with Crippen molar-refractivity contribution < 1.29 is 13.2 Å². The van der Waals surface area contributed by atoms with Crippen LogP contribution in [-0.4, -0.2) is 44.7 Å². The fourth-order valence-corrected chi connectivity index (χ4v) is 3.35. The van der Waals surface area contributed by atoms with Crippen molar-refractivity contribution in [2.75, 3.05) is 30.9 Å². The number of benzene rings is 1. The minimum atomic E-state index is -3.57. The van der Waals surface area contributed by atoms with Gasteiger partial charge in [-0.15, -0.1) is 0 Å². The highest BCUT2D eigenvalue weighted by molar-refractivity contribution is 7.89.